The largest absolute Gasteiger partial charge is 0.497 e. The van der Waals surface area contributed by atoms with Crippen molar-refractivity contribution in [2.24, 2.45) is 0 Å². The molecule has 1 saturated heterocycles. The highest BCUT2D eigenvalue weighted by molar-refractivity contribution is 8.00. The van der Waals surface area contributed by atoms with Crippen molar-refractivity contribution in [3.05, 3.63) is 54.1 Å². The van der Waals surface area contributed by atoms with Gasteiger partial charge in [-0.05, 0) is 68.2 Å². The monoisotopic (exact) mass is 428 g/mol. The quantitative estimate of drug-likeness (QED) is 0.426. The standard InChI is InChI=1S/C24H32N2O3S/c1-28-21-9-6-11-23(17-21)30-19-24(27)25-12-7-15-29-22-10-5-8-20(16-22)18-26-13-3-2-4-14-26/h5-6,8-11,16-17H,2-4,7,12-15,18-19H2,1H3,(H,25,27). The summed E-state index contributed by atoms with van der Waals surface area (Å²) in [4.78, 5) is 15.6. The lowest BCUT2D eigenvalue weighted by Gasteiger charge is -2.26. The predicted octanol–water partition coefficient (Wildman–Crippen LogP) is 4.36. The molecule has 0 saturated carbocycles. The maximum absolute atomic E-state index is 12.0. The summed E-state index contributed by atoms with van der Waals surface area (Å²) in [5.74, 6) is 2.14. The Morgan fingerprint density at radius 3 is 2.70 bits per heavy atom. The maximum atomic E-state index is 12.0. The summed E-state index contributed by atoms with van der Waals surface area (Å²) in [5, 5.41) is 2.96. The van der Waals surface area contributed by atoms with Gasteiger partial charge >= 0.3 is 0 Å². The van der Waals surface area contributed by atoms with Crippen LogP contribution in [0.5, 0.6) is 11.5 Å². The molecule has 30 heavy (non-hydrogen) atoms. The first kappa shape index (κ1) is 22.5. The number of hydrogen-bond donors (Lipinski definition) is 1. The number of carbonyl (C=O) groups is 1. The van der Waals surface area contributed by atoms with Crippen molar-refractivity contribution in [3.63, 3.8) is 0 Å². The van der Waals surface area contributed by atoms with Crippen molar-refractivity contribution in [1.29, 1.82) is 0 Å². The summed E-state index contributed by atoms with van der Waals surface area (Å²) in [6.45, 7) is 4.60. The van der Waals surface area contributed by atoms with Crippen LogP contribution in [0.25, 0.3) is 0 Å². The number of nitrogens with zero attached hydrogens (tertiary/aromatic N) is 1. The molecule has 1 aliphatic rings. The minimum atomic E-state index is 0.0337. The lowest BCUT2D eigenvalue weighted by atomic mass is 10.1. The molecule has 1 N–H and O–H groups in total. The fraction of sp³-hybridized carbons (Fsp3) is 0.458. The molecule has 0 radical (unpaired) electrons. The van der Waals surface area contributed by atoms with Crippen LogP contribution in [0.4, 0.5) is 0 Å². The van der Waals surface area contributed by atoms with Gasteiger partial charge in [-0.25, -0.2) is 0 Å². The number of benzene rings is 2. The summed E-state index contributed by atoms with van der Waals surface area (Å²) in [5.41, 5.74) is 1.30. The first-order chi connectivity index (χ1) is 14.7. The van der Waals surface area contributed by atoms with Gasteiger partial charge in [-0.2, -0.15) is 0 Å². The lowest BCUT2D eigenvalue weighted by molar-refractivity contribution is -0.118. The van der Waals surface area contributed by atoms with Gasteiger partial charge in [0.2, 0.25) is 5.91 Å². The van der Waals surface area contributed by atoms with Crippen LogP contribution >= 0.6 is 11.8 Å². The van der Waals surface area contributed by atoms with Gasteiger partial charge in [0.25, 0.3) is 0 Å². The molecule has 2 aromatic carbocycles. The molecule has 2 aromatic rings. The number of methoxy groups -OCH3 is 1. The van der Waals surface area contributed by atoms with Crippen LogP contribution in [0.2, 0.25) is 0 Å². The smallest absolute Gasteiger partial charge is 0.230 e. The highest BCUT2D eigenvalue weighted by Crippen LogP contribution is 2.22. The predicted molar refractivity (Wildman–Crippen MR) is 122 cm³/mol. The molecular weight excluding hydrogens is 396 g/mol. The van der Waals surface area contributed by atoms with Crippen molar-refractivity contribution in [3.8, 4) is 11.5 Å². The number of carbonyl (C=O) groups excluding carboxylic acids is 1. The first-order valence-corrected chi connectivity index (χ1v) is 11.7. The molecule has 1 amide bonds. The van der Waals surface area contributed by atoms with E-state index in [1.54, 1.807) is 7.11 Å². The summed E-state index contributed by atoms with van der Waals surface area (Å²) in [7, 11) is 1.64. The molecule has 0 spiro atoms. The van der Waals surface area contributed by atoms with Crippen LogP contribution in [-0.4, -0.2) is 49.9 Å². The number of piperidine rings is 1. The third-order valence-corrected chi connectivity index (χ3v) is 6.07. The Morgan fingerprint density at radius 1 is 1.07 bits per heavy atom. The van der Waals surface area contributed by atoms with Gasteiger partial charge in [0.15, 0.2) is 0 Å². The van der Waals surface area contributed by atoms with Gasteiger partial charge in [-0.3, -0.25) is 9.69 Å². The number of nitrogens with one attached hydrogen (secondary N) is 1. The summed E-state index contributed by atoms with van der Waals surface area (Å²) in [6, 6.07) is 16.1. The van der Waals surface area contributed by atoms with Crippen molar-refractivity contribution in [2.75, 3.05) is 39.1 Å². The third-order valence-electron chi connectivity index (χ3n) is 5.08. The van der Waals surface area contributed by atoms with Crippen LogP contribution in [0.15, 0.2) is 53.4 Å². The normalized spacial score (nSPS) is 14.3. The summed E-state index contributed by atoms with van der Waals surface area (Å²) < 4.78 is 11.1. The summed E-state index contributed by atoms with van der Waals surface area (Å²) >= 11 is 1.51. The topological polar surface area (TPSA) is 50.8 Å². The molecule has 0 aromatic heterocycles. The first-order valence-electron chi connectivity index (χ1n) is 10.7. The van der Waals surface area contributed by atoms with E-state index in [9.17, 15) is 4.79 Å². The average Bonchev–Trinajstić information content (AvgIpc) is 2.78. The van der Waals surface area contributed by atoms with Crippen molar-refractivity contribution >= 4 is 17.7 Å². The minimum absolute atomic E-state index is 0.0337. The van der Waals surface area contributed by atoms with Crippen LogP contribution < -0.4 is 14.8 Å². The molecule has 1 heterocycles. The SMILES string of the molecule is COc1cccc(SCC(=O)NCCCOc2cccc(CN3CCCCC3)c2)c1. The lowest BCUT2D eigenvalue weighted by Crippen LogP contribution is -2.29. The highest BCUT2D eigenvalue weighted by Gasteiger charge is 2.10. The van der Waals surface area contributed by atoms with E-state index in [1.165, 1.54) is 49.7 Å². The van der Waals surface area contributed by atoms with Crippen molar-refractivity contribution in [2.45, 2.75) is 37.1 Å². The van der Waals surface area contributed by atoms with Gasteiger partial charge in [0.1, 0.15) is 11.5 Å². The zero-order chi connectivity index (χ0) is 21.0. The van der Waals surface area contributed by atoms with Crippen LogP contribution in [0, 0.1) is 0 Å². The second-order valence-electron chi connectivity index (χ2n) is 7.50. The molecule has 6 heteroatoms. The van der Waals surface area contributed by atoms with E-state index in [4.69, 9.17) is 9.47 Å². The van der Waals surface area contributed by atoms with Crippen LogP contribution in [-0.2, 0) is 11.3 Å². The average molecular weight is 429 g/mol. The van der Waals surface area contributed by atoms with Crippen LogP contribution in [0.3, 0.4) is 0 Å². The van der Waals surface area contributed by atoms with E-state index in [1.807, 2.05) is 30.3 Å². The Balaban J connectivity index is 1.30. The number of likely N-dealkylation sites (tertiary alicyclic amines) is 1. The second-order valence-corrected chi connectivity index (χ2v) is 8.55. The van der Waals surface area contributed by atoms with Gasteiger partial charge in [-0.15, -0.1) is 11.8 Å². The molecule has 0 atom stereocenters. The van der Waals surface area contributed by atoms with E-state index < -0.39 is 0 Å². The van der Waals surface area contributed by atoms with Gasteiger partial charge in [0.05, 0.1) is 19.5 Å². The third kappa shape index (κ3) is 7.92. The Labute approximate surface area is 184 Å². The van der Waals surface area contributed by atoms with E-state index in [0.717, 1.165) is 29.4 Å². The minimum Gasteiger partial charge on any atom is -0.497 e. The van der Waals surface area contributed by atoms with Gasteiger partial charge in [0, 0.05) is 18.0 Å². The molecule has 1 aliphatic heterocycles. The molecule has 162 valence electrons. The Morgan fingerprint density at radius 2 is 1.87 bits per heavy atom. The number of rotatable bonds is 11. The van der Waals surface area contributed by atoms with Crippen molar-refractivity contribution < 1.29 is 14.3 Å². The molecule has 5 nitrogen and oxygen atoms in total. The fourth-order valence-corrected chi connectivity index (χ4v) is 4.26. The molecule has 0 unspecified atom stereocenters. The zero-order valence-corrected chi connectivity index (χ0v) is 18.6. The zero-order valence-electron chi connectivity index (χ0n) is 17.8. The highest BCUT2D eigenvalue weighted by atomic mass is 32.2. The Hall–Kier alpha value is -2.18. The van der Waals surface area contributed by atoms with E-state index in [0.29, 0.717) is 18.9 Å². The van der Waals surface area contributed by atoms with Crippen molar-refractivity contribution in [1.82, 2.24) is 10.2 Å². The molecular formula is C24H32N2O3S. The van der Waals surface area contributed by atoms with E-state index >= 15 is 0 Å². The Kier molecular flexibility index (Phi) is 9.38. The number of thioether (sulfide) groups is 1. The Bertz CT molecular complexity index is 794. The summed E-state index contributed by atoms with van der Waals surface area (Å²) in [6.07, 6.45) is 4.75. The molecule has 3 rings (SSSR count). The van der Waals surface area contributed by atoms with Gasteiger partial charge < -0.3 is 14.8 Å². The molecule has 0 aliphatic carbocycles. The van der Waals surface area contributed by atoms with E-state index in [-0.39, 0.29) is 5.91 Å². The number of hydrogen-bond acceptors (Lipinski definition) is 5. The van der Waals surface area contributed by atoms with E-state index in [2.05, 4.69) is 28.4 Å². The maximum Gasteiger partial charge on any atom is 0.230 e. The number of ether oxygens (including phenoxy) is 2. The van der Waals surface area contributed by atoms with Gasteiger partial charge in [-0.1, -0.05) is 24.6 Å². The fourth-order valence-electron chi connectivity index (χ4n) is 3.49. The number of amides is 1. The second kappa shape index (κ2) is 12.5. The molecule has 0 bridgehead atoms. The molecule has 1 fully saturated rings. The van der Waals surface area contributed by atoms with Crippen LogP contribution in [0.1, 0.15) is 31.2 Å².